The van der Waals surface area contributed by atoms with E-state index in [4.69, 9.17) is 0 Å². The second-order valence-corrected chi connectivity index (χ2v) is 6.45. The molecule has 2 aromatic heterocycles. The van der Waals surface area contributed by atoms with Crippen molar-refractivity contribution in [2.24, 2.45) is 0 Å². The number of carbonyl (C=O) groups excluding carboxylic acids is 1. The predicted molar refractivity (Wildman–Crippen MR) is 92.9 cm³/mol. The van der Waals surface area contributed by atoms with E-state index < -0.39 is 11.7 Å². The zero-order chi connectivity index (χ0) is 19.7. The van der Waals surface area contributed by atoms with E-state index >= 15 is 0 Å². The number of anilines is 1. The van der Waals surface area contributed by atoms with Crippen LogP contribution in [0.3, 0.4) is 0 Å². The van der Waals surface area contributed by atoms with Gasteiger partial charge in [-0.3, -0.25) is 5.10 Å². The number of benzene rings is 1. The SMILES string of the molecule is O=C(Nc1cccc(-n2cc(C(F)(F)F)cn2)c1)N1CCC(c2ncn[nH]2)C1. The van der Waals surface area contributed by atoms with E-state index in [1.54, 1.807) is 29.2 Å². The molecule has 0 radical (unpaired) electrons. The number of alkyl halides is 3. The molecule has 28 heavy (non-hydrogen) atoms. The molecule has 1 aliphatic heterocycles. The van der Waals surface area contributed by atoms with Crippen LogP contribution in [-0.4, -0.2) is 49.0 Å². The number of aromatic amines is 1. The lowest BCUT2D eigenvalue weighted by Crippen LogP contribution is -2.32. The molecule has 1 aliphatic rings. The minimum Gasteiger partial charge on any atom is -0.324 e. The van der Waals surface area contributed by atoms with Crippen molar-refractivity contribution in [2.75, 3.05) is 18.4 Å². The van der Waals surface area contributed by atoms with E-state index in [9.17, 15) is 18.0 Å². The number of nitrogens with one attached hydrogen (secondary N) is 2. The molecule has 146 valence electrons. The van der Waals surface area contributed by atoms with Crippen LogP contribution < -0.4 is 5.32 Å². The van der Waals surface area contributed by atoms with Crippen LogP contribution in [0.25, 0.3) is 5.69 Å². The highest BCUT2D eigenvalue weighted by Crippen LogP contribution is 2.29. The van der Waals surface area contributed by atoms with E-state index in [0.717, 1.165) is 29.3 Å². The largest absolute Gasteiger partial charge is 0.419 e. The van der Waals surface area contributed by atoms with E-state index in [0.29, 0.717) is 24.5 Å². The van der Waals surface area contributed by atoms with Crippen LogP contribution in [-0.2, 0) is 6.18 Å². The Morgan fingerprint density at radius 2 is 2.18 bits per heavy atom. The Hall–Kier alpha value is -3.37. The number of carbonyl (C=O) groups is 1. The predicted octanol–water partition coefficient (Wildman–Crippen LogP) is 3.03. The molecule has 1 unspecified atom stereocenters. The first-order valence-corrected chi connectivity index (χ1v) is 8.53. The van der Waals surface area contributed by atoms with E-state index in [2.05, 4.69) is 25.6 Å². The number of H-pyrrole nitrogens is 1. The maximum Gasteiger partial charge on any atom is 0.419 e. The summed E-state index contributed by atoms with van der Waals surface area (Å²) in [5.41, 5.74) is 0.0430. The van der Waals surface area contributed by atoms with Crippen LogP contribution in [0.4, 0.5) is 23.7 Å². The van der Waals surface area contributed by atoms with Gasteiger partial charge in [-0.25, -0.2) is 14.5 Å². The minimum absolute atomic E-state index is 0.101. The quantitative estimate of drug-likeness (QED) is 0.718. The van der Waals surface area contributed by atoms with Crippen LogP contribution in [0.15, 0.2) is 43.0 Å². The van der Waals surface area contributed by atoms with Gasteiger partial charge in [0.2, 0.25) is 0 Å². The number of hydrogen-bond donors (Lipinski definition) is 2. The van der Waals surface area contributed by atoms with Crippen molar-refractivity contribution in [3.8, 4) is 5.69 Å². The van der Waals surface area contributed by atoms with Gasteiger partial charge in [-0.1, -0.05) is 6.07 Å². The average molecular weight is 391 g/mol. The number of halogens is 3. The lowest BCUT2D eigenvalue weighted by atomic mass is 10.1. The molecule has 1 aromatic carbocycles. The lowest BCUT2D eigenvalue weighted by molar-refractivity contribution is -0.137. The molecule has 0 bridgehead atoms. The van der Waals surface area contributed by atoms with Gasteiger partial charge < -0.3 is 10.2 Å². The third-order valence-corrected chi connectivity index (χ3v) is 4.57. The van der Waals surface area contributed by atoms with Gasteiger partial charge in [-0.2, -0.15) is 23.4 Å². The summed E-state index contributed by atoms with van der Waals surface area (Å²) in [6.45, 7) is 1.08. The Balaban J connectivity index is 1.44. The fourth-order valence-electron chi connectivity index (χ4n) is 3.12. The first-order valence-electron chi connectivity index (χ1n) is 8.53. The summed E-state index contributed by atoms with van der Waals surface area (Å²) in [6, 6.07) is 6.20. The minimum atomic E-state index is -4.46. The van der Waals surface area contributed by atoms with Crippen LogP contribution in [0.1, 0.15) is 23.7 Å². The average Bonchev–Trinajstić information content (AvgIpc) is 3.41. The van der Waals surface area contributed by atoms with Crippen molar-refractivity contribution in [1.29, 1.82) is 0 Å². The molecule has 11 heteroatoms. The summed E-state index contributed by atoms with van der Waals surface area (Å²) < 4.78 is 39.4. The van der Waals surface area contributed by atoms with Crippen molar-refractivity contribution in [3.63, 3.8) is 0 Å². The highest BCUT2D eigenvalue weighted by molar-refractivity contribution is 5.89. The highest BCUT2D eigenvalue weighted by atomic mass is 19.4. The Labute approximate surface area is 157 Å². The number of aromatic nitrogens is 5. The van der Waals surface area contributed by atoms with E-state index in [1.165, 1.54) is 6.33 Å². The molecule has 2 amide bonds. The second kappa shape index (κ2) is 6.98. The van der Waals surface area contributed by atoms with Crippen LogP contribution in [0.2, 0.25) is 0 Å². The molecule has 2 N–H and O–H groups in total. The van der Waals surface area contributed by atoms with Crippen LogP contribution in [0.5, 0.6) is 0 Å². The van der Waals surface area contributed by atoms with Gasteiger partial charge in [0, 0.05) is 30.9 Å². The molecular weight excluding hydrogens is 375 g/mol. The molecule has 1 atom stereocenters. The Kier molecular flexibility index (Phi) is 4.49. The van der Waals surface area contributed by atoms with Gasteiger partial charge in [0.25, 0.3) is 0 Å². The highest BCUT2D eigenvalue weighted by Gasteiger charge is 2.32. The summed E-state index contributed by atoms with van der Waals surface area (Å²) in [4.78, 5) is 18.3. The van der Waals surface area contributed by atoms with Gasteiger partial charge in [0.1, 0.15) is 12.2 Å². The lowest BCUT2D eigenvalue weighted by Gasteiger charge is -2.17. The second-order valence-electron chi connectivity index (χ2n) is 6.45. The monoisotopic (exact) mass is 391 g/mol. The fraction of sp³-hybridized carbons (Fsp3) is 0.294. The third-order valence-electron chi connectivity index (χ3n) is 4.57. The van der Waals surface area contributed by atoms with Crippen molar-refractivity contribution in [1.82, 2.24) is 29.9 Å². The zero-order valence-corrected chi connectivity index (χ0v) is 14.5. The van der Waals surface area contributed by atoms with Gasteiger partial charge in [-0.15, -0.1) is 0 Å². The Morgan fingerprint density at radius 1 is 1.32 bits per heavy atom. The molecular formula is C17H16F3N7O. The van der Waals surface area contributed by atoms with Crippen molar-refractivity contribution in [2.45, 2.75) is 18.5 Å². The zero-order valence-electron chi connectivity index (χ0n) is 14.5. The fourth-order valence-corrected chi connectivity index (χ4v) is 3.12. The first-order chi connectivity index (χ1) is 13.4. The molecule has 0 aliphatic carbocycles. The molecule has 3 heterocycles. The molecule has 1 saturated heterocycles. The maximum absolute atomic E-state index is 12.7. The molecule has 1 fully saturated rings. The van der Waals surface area contributed by atoms with Crippen molar-refractivity contribution >= 4 is 11.7 Å². The molecule has 0 spiro atoms. The van der Waals surface area contributed by atoms with E-state index in [-0.39, 0.29) is 11.9 Å². The summed E-state index contributed by atoms with van der Waals surface area (Å²) in [5.74, 6) is 0.848. The molecule has 0 saturated carbocycles. The number of likely N-dealkylation sites (tertiary alicyclic amines) is 1. The summed E-state index contributed by atoms with van der Waals surface area (Å²) in [6.07, 6.45) is -0.582. The van der Waals surface area contributed by atoms with Gasteiger partial charge in [0.05, 0.1) is 17.4 Å². The molecule has 3 aromatic rings. The van der Waals surface area contributed by atoms with Crippen LogP contribution in [0, 0.1) is 0 Å². The Morgan fingerprint density at radius 3 is 2.89 bits per heavy atom. The Bertz CT molecular complexity index is 967. The molecule has 4 rings (SSSR count). The summed E-state index contributed by atoms with van der Waals surface area (Å²) in [5, 5.41) is 13.2. The van der Waals surface area contributed by atoms with Crippen molar-refractivity contribution in [3.05, 3.63) is 54.4 Å². The number of urea groups is 1. The molecule has 8 nitrogen and oxygen atoms in total. The number of hydrogen-bond acceptors (Lipinski definition) is 4. The smallest absolute Gasteiger partial charge is 0.324 e. The van der Waals surface area contributed by atoms with Gasteiger partial charge in [0.15, 0.2) is 0 Å². The third kappa shape index (κ3) is 3.68. The normalized spacial score (nSPS) is 17.1. The van der Waals surface area contributed by atoms with Crippen LogP contribution >= 0.6 is 0 Å². The first kappa shape index (κ1) is 18.0. The number of amides is 2. The number of nitrogens with zero attached hydrogens (tertiary/aromatic N) is 5. The topological polar surface area (TPSA) is 91.7 Å². The number of rotatable bonds is 3. The van der Waals surface area contributed by atoms with E-state index in [1.807, 2.05) is 0 Å². The summed E-state index contributed by atoms with van der Waals surface area (Å²) >= 11 is 0. The summed E-state index contributed by atoms with van der Waals surface area (Å²) in [7, 11) is 0. The van der Waals surface area contributed by atoms with Crippen molar-refractivity contribution < 1.29 is 18.0 Å². The maximum atomic E-state index is 12.7. The standard InChI is InChI=1S/C17H16F3N7O/c18-17(19,20)12-7-23-27(9-12)14-3-1-2-13(6-14)24-16(28)26-5-4-11(8-26)15-21-10-22-25-15/h1-3,6-7,9-11H,4-5,8H2,(H,24,28)(H,21,22,25). The van der Waals surface area contributed by atoms with Gasteiger partial charge >= 0.3 is 12.2 Å². The van der Waals surface area contributed by atoms with Gasteiger partial charge in [-0.05, 0) is 24.6 Å².